The molecule has 0 bridgehead atoms. The van der Waals surface area contributed by atoms with Gasteiger partial charge in [0.15, 0.2) is 0 Å². The zero-order chi connectivity index (χ0) is 14.4. The predicted molar refractivity (Wildman–Crippen MR) is 72.8 cm³/mol. The van der Waals surface area contributed by atoms with Gasteiger partial charge in [-0.05, 0) is 11.6 Å². The number of benzene rings is 1. The van der Waals surface area contributed by atoms with Crippen molar-refractivity contribution < 1.29 is 13.5 Å². The summed E-state index contributed by atoms with van der Waals surface area (Å²) in [5, 5.41) is 7.32. The van der Waals surface area contributed by atoms with Gasteiger partial charge in [0.2, 0.25) is 0 Å². The third kappa shape index (κ3) is 4.03. The van der Waals surface area contributed by atoms with Gasteiger partial charge in [-0.2, -0.15) is 5.10 Å². The first-order valence-electron chi connectivity index (χ1n) is 6.31. The average Bonchev–Trinajstić information content (AvgIpc) is 2.91. The van der Waals surface area contributed by atoms with Crippen LogP contribution in [0.25, 0.3) is 0 Å². The van der Waals surface area contributed by atoms with Crippen LogP contribution in [-0.4, -0.2) is 23.5 Å². The summed E-state index contributed by atoms with van der Waals surface area (Å²) in [7, 11) is 1.64. The summed E-state index contributed by atoms with van der Waals surface area (Å²) in [6.45, 7) is 1.76. The molecule has 0 fully saturated rings. The van der Waals surface area contributed by atoms with Crippen LogP contribution in [0.5, 0.6) is 0 Å². The normalized spacial score (nSPS) is 11.0. The van der Waals surface area contributed by atoms with E-state index in [0.29, 0.717) is 19.7 Å². The quantitative estimate of drug-likeness (QED) is 0.847. The Bertz CT molecular complexity index is 543. The van der Waals surface area contributed by atoms with E-state index in [4.69, 9.17) is 4.74 Å². The fraction of sp³-hybridized carbons (Fsp3) is 0.357. The molecule has 0 saturated heterocycles. The number of nitrogens with one attached hydrogen (secondary N) is 1. The number of hydrogen-bond acceptors (Lipinski definition) is 3. The summed E-state index contributed by atoms with van der Waals surface area (Å²) in [5.74, 6) is 0. The molecule has 0 saturated carbocycles. The number of rotatable bonds is 7. The summed E-state index contributed by atoms with van der Waals surface area (Å²) < 4.78 is 31.9. The zero-order valence-electron chi connectivity index (χ0n) is 11.2. The second-order valence-corrected chi connectivity index (χ2v) is 4.38. The highest BCUT2D eigenvalue weighted by Crippen LogP contribution is 2.19. The van der Waals surface area contributed by atoms with Crippen LogP contribution in [0.15, 0.2) is 36.7 Å². The first kappa shape index (κ1) is 14.5. The van der Waals surface area contributed by atoms with Gasteiger partial charge >= 0.3 is 0 Å². The Kier molecular flexibility index (Phi) is 5.06. The molecule has 0 unspecified atom stereocenters. The number of ether oxygens (including phenoxy) is 1. The van der Waals surface area contributed by atoms with Crippen LogP contribution < -0.4 is 5.32 Å². The van der Waals surface area contributed by atoms with Crippen LogP contribution in [-0.2, 0) is 17.8 Å². The van der Waals surface area contributed by atoms with Crippen LogP contribution >= 0.6 is 0 Å². The van der Waals surface area contributed by atoms with Crippen molar-refractivity contribution in [3.63, 3.8) is 0 Å². The predicted octanol–water partition coefficient (Wildman–Crippen LogP) is 3.08. The molecule has 2 aromatic rings. The zero-order valence-corrected chi connectivity index (χ0v) is 11.2. The van der Waals surface area contributed by atoms with E-state index in [1.807, 2.05) is 12.3 Å². The lowest BCUT2D eigenvalue weighted by molar-refractivity contribution is 0.151. The molecule has 0 aliphatic heterocycles. The van der Waals surface area contributed by atoms with E-state index in [9.17, 15) is 8.78 Å². The minimum Gasteiger partial charge on any atom is -0.383 e. The van der Waals surface area contributed by atoms with Crippen LogP contribution in [0.1, 0.15) is 17.6 Å². The van der Waals surface area contributed by atoms with Crippen molar-refractivity contribution in [2.75, 3.05) is 19.0 Å². The molecule has 2 rings (SSSR count). The Morgan fingerprint density at radius 2 is 2.25 bits per heavy atom. The second kappa shape index (κ2) is 7.00. The maximum Gasteiger partial charge on any atom is 0.263 e. The number of hydrogen-bond donors (Lipinski definition) is 1. The first-order chi connectivity index (χ1) is 9.69. The number of alkyl halides is 2. The van der Waals surface area contributed by atoms with E-state index >= 15 is 0 Å². The molecule has 0 radical (unpaired) electrons. The van der Waals surface area contributed by atoms with Crippen molar-refractivity contribution in [1.29, 1.82) is 0 Å². The van der Waals surface area contributed by atoms with Crippen LogP contribution in [0.3, 0.4) is 0 Å². The highest BCUT2D eigenvalue weighted by molar-refractivity contribution is 5.39. The third-order valence-corrected chi connectivity index (χ3v) is 2.86. The van der Waals surface area contributed by atoms with E-state index in [1.165, 1.54) is 12.1 Å². The van der Waals surface area contributed by atoms with Crippen LogP contribution in [0.4, 0.5) is 14.5 Å². The number of anilines is 1. The number of halogens is 2. The lowest BCUT2D eigenvalue weighted by Gasteiger charge is -2.06. The summed E-state index contributed by atoms with van der Waals surface area (Å²) >= 11 is 0. The highest BCUT2D eigenvalue weighted by atomic mass is 19.3. The Hall–Kier alpha value is -1.95. The van der Waals surface area contributed by atoms with Gasteiger partial charge in [0.25, 0.3) is 6.43 Å². The average molecular weight is 281 g/mol. The van der Waals surface area contributed by atoms with Gasteiger partial charge in [0.05, 0.1) is 25.0 Å². The smallest absolute Gasteiger partial charge is 0.263 e. The lowest BCUT2D eigenvalue weighted by atomic mass is 10.1. The van der Waals surface area contributed by atoms with Crippen molar-refractivity contribution in [2.24, 2.45) is 0 Å². The lowest BCUT2D eigenvalue weighted by Crippen LogP contribution is -2.04. The number of methoxy groups -OCH3 is 1. The molecule has 0 aliphatic rings. The molecule has 0 amide bonds. The Labute approximate surface area is 116 Å². The van der Waals surface area contributed by atoms with Gasteiger partial charge < -0.3 is 10.1 Å². The monoisotopic (exact) mass is 281 g/mol. The Balaban J connectivity index is 1.91. The fourth-order valence-corrected chi connectivity index (χ4v) is 1.80. The molecule has 1 aromatic heterocycles. The molecule has 6 heteroatoms. The molecule has 1 N–H and O–H groups in total. The van der Waals surface area contributed by atoms with Crippen molar-refractivity contribution in [2.45, 2.75) is 19.5 Å². The SMILES string of the molecule is COCCn1cc(NCc2cccc(C(F)F)c2)cn1. The van der Waals surface area contributed by atoms with Gasteiger partial charge in [0, 0.05) is 25.4 Å². The van der Waals surface area contributed by atoms with Gasteiger partial charge in [-0.1, -0.05) is 18.2 Å². The molecule has 0 aliphatic carbocycles. The minimum absolute atomic E-state index is 0.0417. The third-order valence-electron chi connectivity index (χ3n) is 2.86. The standard InChI is InChI=1S/C14H17F2N3O/c1-20-6-5-19-10-13(9-18-19)17-8-11-3-2-4-12(7-11)14(15)16/h2-4,7,9-10,14,17H,5-6,8H2,1H3. The number of aromatic nitrogens is 2. The topological polar surface area (TPSA) is 39.1 Å². The van der Waals surface area contributed by atoms with Gasteiger partial charge in [-0.25, -0.2) is 8.78 Å². The highest BCUT2D eigenvalue weighted by Gasteiger charge is 2.07. The van der Waals surface area contributed by atoms with E-state index in [2.05, 4.69) is 10.4 Å². The summed E-state index contributed by atoms with van der Waals surface area (Å²) in [6.07, 6.45) is 1.12. The summed E-state index contributed by atoms with van der Waals surface area (Å²) in [4.78, 5) is 0. The van der Waals surface area contributed by atoms with Crippen LogP contribution in [0.2, 0.25) is 0 Å². The maximum absolute atomic E-state index is 12.6. The second-order valence-electron chi connectivity index (χ2n) is 4.38. The summed E-state index contributed by atoms with van der Waals surface area (Å²) in [5.41, 5.74) is 1.70. The summed E-state index contributed by atoms with van der Waals surface area (Å²) in [6, 6.07) is 6.39. The molecule has 1 aromatic carbocycles. The van der Waals surface area contributed by atoms with Gasteiger partial charge in [0.1, 0.15) is 0 Å². The van der Waals surface area contributed by atoms with Crippen molar-refractivity contribution >= 4 is 5.69 Å². The first-order valence-corrected chi connectivity index (χ1v) is 6.31. The minimum atomic E-state index is -2.44. The maximum atomic E-state index is 12.6. The molecular formula is C14H17F2N3O. The van der Waals surface area contributed by atoms with Gasteiger partial charge in [-0.15, -0.1) is 0 Å². The molecule has 20 heavy (non-hydrogen) atoms. The molecule has 0 atom stereocenters. The molecular weight excluding hydrogens is 264 g/mol. The molecule has 0 spiro atoms. The van der Waals surface area contributed by atoms with E-state index in [0.717, 1.165) is 11.3 Å². The van der Waals surface area contributed by atoms with E-state index in [1.54, 1.807) is 24.1 Å². The van der Waals surface area contributed by atoms with Crippen molar-refractivity contribution in [3.8, 4) is 0 Å². The van der Waals surface area contributed by atoms with Crippen molar-refractivity contribution in [1.82, 2.24) is 9.78 Å². The Morgan fingerprint density at radius 3 is 3.00 bits per heavy atom. The fourth-order valence-electron chi connectivity index (χ4n) is 1.80. The molecule has 4 nitrogen and oxygen atoms in total. The van der Waals surface area contributed by atoms with E-state index < -0.39 is 6.43 Å². The van der Waals surface area contributed by atoms with Crippen molar-refractivity contribution in [3.05, 3.63) is 47.8 Å². The molecule has 1 heterocycles. The Morgan fingerprint density at radius 1 is 1.40 bits per heavy atom. The van der Waals surface area contributed by atoms with E-state index in [-0.39, 0.29) is 5.56 Å². The molecule has 108 valence electrons. The number of nitrogens with zero attached hydrogens (tertiary/aromatic N) is 2. The largest absolute Gasteiger partial charge is 0.383 e. The van der Waals surface area contributed by atoms with Crippen LogP contribution in [0, 0.1) is 0 Å². The van der Waals surface area contributed by atoms with Gasteiger partial charge in [-0.3, -0.25) is 4.68 Å².